The summed E-state index contributed by atoms with van der Waals surface area (Å²) >= 11 is 0. The zero-order valence-electron chi connectivity index (χ0n) is 11.5. The molecule has 5 nitrogen and oxygen atoms in total. The summed E-state index contributed by atoms with van der Waals surface area (Å²) in [6.45, 7) is 1.60. The highest BCUT2D eigenvalue weighted by Crippen LogP contribution is 2.22. The number of hydrogen-bond donors (Lipinski definition) is 3. The molecule has 20 heavy (non-hydrogen) atoms. The normalized spacial score (nSPS) is 25.4. The maximum absolute atomic E-state index is 12.3. The topological polar surface area (TPSA) is 86.6 Å². The Morgan fingerprint density at radius 2 is 1.90 bits per heavy atom. The summed E-state index contributed by atoms with van der Waals surface area (Å²) in [5.41, 5.74) is 0.576. The summed E-state index contributed by atoms with van der Waals surface area (Å²) in [5.74, 6) is 0. The molecular weight excluding hydrogens is 278 g/mol. The average Bonchev–Trinajstić information content (AvgIpc) is 2.41. The zero-order valence-corrected chi connectivity index (χ0v) is 12.3. The second kappa shape index (κ2) is 6.22. The van der Waals surface area contributed by atoms with Crippen molar-refractivity contribution in [3.05, 3.63) is 29.8 Å². The van der Waals surface area contributed by atoms with E-state index in [1.165, 1.54) is 12.1 Å². The Morgan fingerprint density at radius 1 is 1.25 bits per heavy atom. The highest BCUT2D eigenvalue weighted by atomic mass is 32.2. The minimum Gasteiger partial charge on any atom is -0.393 e. The number of hydrogen-bond acceptors (Lipinski definition) is 4. The van der Waals surface area contributed by atoms with Crippen LogP contribution in [0.15, 0.2) is 29.2 Å². The lowest BCUT2D eigenvalue weighted by molar-refractivity contribution is 0.120. The highest BCUT2D eigenvalue weighted by molar-refractivity contribution is 7.89. The van der Waals surface area contributed by atoms with Gasteiger partial charge in [-0.25, -0.2) is 13.1 Å². The Morgan fingerprint density at radius 3 is 2.50 bits per heavy atom. The highest BCUT2D eigenvalue weighted by Gasteiger charge is 2.25. The van der Waals surface area contributed by atoms with E-state index in [0.29, 0.717) is 31.2 Å². The summed E-state index contributed by atoms with van der Waals surface area (Å²) in [6, 6.07) is 6.21. The van der Waals surface area contributed by atoms with Crippen LogP contribution in [0.4, 0.5) is 0 Å². The van der Waals surface area contributed by atoms with Crippen molar-refractivity contribution in [3.8, 4) is 0 Å². The van der Waals surface area contributed by atoms with E-state index < -0.39 is 16.1 Å². The second-order valence-electron chi connectivity index (χ2n) is 5.38. The minimum absolute atomic E-state index is 0.126. The quantitative estimate of drug-likeness (QED) is 0.782. The van der Waals surface area contributed by atoms with E-state index in [2.05, 4.69) is 4.72 Å². The third kappa shape index (κ3) is 3.79. The molecule has 0 saturated heterocycles. The van der Waals surface area contributed by atoms with Gasteiger partial charge in [0.25, 0.3) is 0 Å². The van der Waals surface area contributed by atoms with Gasteiger partial charge in [0.15, 0.2) is 0 Å². The Labute approximate surface area is 119 Å². The van der Waals surface area contributed by atoms with Crippen molar-refractivity contribution in [2.75, 3.05) is 0 Å². The van der Waals surface area contributed by atoms with Crippen LogP contribution in [0.1, 0.15) is 44.3 Å². The molecule has 1 fully saturated rings. The van der Waals surface area contributed by atoms with Crippen LogP contribution in [0.2, 0.25) is 0 Å². The Kier molecular flexibility index (Phi) is 4.80. The summed E-state index contributed by atoms with van der Waals surface area (Å²) in [4.78, 5) is 0.169. The van der Waals surface area contributed by atoms with Crippen molar-refractivity contribution in [1.82, 2.24) is 4.72 Å². The number of rotatable bonds is 4. The number of aliphatic hydroxyl groups excluding tert-OH is 2. The molecule has 6 heteroatoms. The van der Waals surface area contributed by atoms with E-state index in [-0.39, 0.29) is 17.0 Å². The Bertz CT molecular complexity index is 548. The van der Waals surface area contributed by atoms with Gasteiger partial charge in [-0.15, -0.1) is 0 Å². The maximum Gasteiger partial charge on any atom is 0.240 e. The standard InChI is InChI=1S/C14H21NO4S/c1-10(16)11-3-2-4-14(9-11)20(18,19)15-12-5-7-13(17)8-6-12/h2-4,9-10,12-13,15-17H,5-8H2,1H3. The molecule has 1 aromatic carbocycles. The van der Waals surface area contributed by atoms with E-state index >= 15 is 0 Å². The van der Waals surface area contributed by atoms with E-state index in [1.54, 1.807) is 19.1 Å². The first-order valence-corrected chi connectivity index (χ1v) is 8.35. The fourth-order valence-corrected chi connectivity index (χ4v) is 3.78. The molecule has 0 aliphatic heterocycles. The van der Waals surface area contributed by atoms with Crippen molar-refractivity contribution in [2.45, 2.75) is 55.8 Å². The van der Waals surface area contributed by atoms with Crippen LogP contribution < -0.4 is 4.72 Å². The van der Waals surface area contributed by atoms with Crippen LogP contribution in [0.25, 0.3) is 0 Å². The van der Waals surface area contributed by atoms with Gasteiger partial charge in [-0.05, 0) is 50.3 Å². The van der Waals surface area contributed by atoms with E-state index in [0.717, 1.165) is 0 Å². The van der Waals surface area contributed by atoms with Crippen LogP contribution in [-0.4, -0.2) is 30.8 Å². The van der Waals surface area contributed by atoms with Gasteiger partial charge in [0.1, 0.15) is 0 Å². The SMILES string of the molecule is CC(O)c1cccc(S(=O)(=O)NC2CCC(O)CC2)c1. The monoisotopic (exact) mass is 299 g/mol. The lowest BCUT2D eigenvalue weighted by Crippen LogP contribution is -2.38. The van der Waals surface area contributed by atoms with Crippen LogP contribution >= 0.6 is 0 Å². The second-order valence-corrected chi connectivity index (χ2v) is 7.09. The lowest BCUT2D eigenvalue weighted by Gasteiger charge is -2.26. The van der Waals surface area contributed by atoms with Crippen molar-refractivity contribution in [3.63, 3.8) is 0 Å². The fraction of sp³-hybridized carbons (Fsp3) is 0.571. The molecule has 0 bridgehead atoms. The van der Waals surface area contributed by atoms with Crippen LogP contribution in [-0.2, 0) is 10.0 Å². The molecule has 1 unspecified atom stereocenters. The first-order valence-electron chi connectivity index (χ1n) is 6.87. The molecule has 112 valence electrons. The van der Waals surface area contributed by atoms with Crippen molar-refractivity contribution in [1.29, 1.82) is 0 Å². The van der Waals surface area contributed by atoms with Crippen LogP contribution in [0.3, 0.4) is 0 Å². The van der Waals surface area contributed by atoms with E-state index in [1.807, 2.05) is 0 Å². The molecule has 1 aromatic rings. The lowest BCUT2D eigenvalue weighted by atomic mass is 9.94. The van der Waals surface area contributed by atoms with Crippen molar-refractivity contribution < 1.29 is 18.6 Å². The minimum atomic E-state index is -3.58. The summed E-state index contributed by atoms with van der Waals surface area (Å²) in [7, 11) is -3.58. The first kappa shape index (κ1) is 15.4. The predicted octanol–water partition coefficient (Wildman–Crippen LogP) is 1.32. The van der Waals surface area contributed by atoms with Crippen molar-refractivity contribution >= 4 is 10.0 Å². The third-order valence-electron chi connectivity index (χ3n) is 3.67. The van der Waals surface area contributed by atoms with Gasteiger partial charge in [-0.1, -0.05) is 12.1 Å². The molecule has 1 aliphatic rings. The van der Waals surface area contributed by atoms with Gasteiger partial charge in [-0.2, -0.15) is 0 Å². The molecular formula is C14H21NO4S. The molecule has 2 rings (SSSR count). The summed E-state index contributed by atoms with van der Waals surface area (Å²) < 4.78 is 27.3. The van der Waals surface area contributed by atoms with Gasteiger partial charge >= 0.3 is 0 Å². The van der Waals surface area contributed by atoms with E-state index in [4.69, 9.17) is 0 Å². The number of benzene rings is 1. The number of nitrogens with one attached hydrogen (secondary N) is 1. The molecule has 1 atom stereocenters. The van der Waals surface area contributed by atoms with Gasteiger partial charge in [-0.3, -0.25) is 0 Å². The van der Waals surface area contributed by atoms with Gasteiger partial charge in [0, 0.05) is 6.04 Å². The average molecular weight is 299 g/mol. The van der Waals surface area contributed by atoms with Gasteiger partial charge < -0.3 is 10.2 Å². The van der Waals surface area contributed by atoms with E-state index in [9.17, 15) is 18.6 Å². The summed E-state index contributed by atoms with van der Waals surface area (Å²) in [5, 5.41) is 19.0. The third-order valence-corrected chi connectivity index (χ3v) is 5.19. The first-order chi connectivity index (χ1) is 9.38. The van der Waals surface area contributed by atoms with Gasteiger partial charge in [0.2, 0.25) is 10.0 Å². The Balaban J connectivity index is 2.12. The molecule has 0 aromatic heterocycles. The smallest absolute Gasteiger partial charge is 0.240 e. The number of sulfonamides is 1. The Hall–Kier alpha value is -0.950. The molecule has 3 N–H and O–H groups in total. The predicted molar refractivity (Wildman–Crippen MR) is 75.7 cm³/mol. The molecule has 0 heterocycles. The molecule has 0 radical (unpaired) electrons. The molecule has 1 saturated carbocycles. The fourth-order valence-electron chi connectivity index (χ4n) is 2.42. The zero-order chi connectivity index (χ0) is 14.8. The van der Waals surface area contributed by atoms with Crippen molar-refractivity contribution in [2.24, 2.45) is 0 Å². The molecule has 1 aliphatic carbocycles. The van der Waals surface area contributed by atoms with Gasteiger partial charge in [0.05, 0.1) is 17.1 Å². The van der Waals surface area contributed by atoms with Crippen LogP contribution in [0, 0.1) is 0 Å². The van der Waals surface area contributed by atoms with Crippen LogP contribution in [0.5, 0.6) is 0 Å². The largest absolute Gasteiger partial charge is 0.393 e. The number of aliphatic hydroxyl groups is 2. The summed E-state index contributed by atoms with van der Waals surface area (Å²) in [6.07, 6.45) is 1.54. The maximum atomic E-state index is 12.3. The molecule has 0 amide bonds. The molecule has 0 spiro atoms.